The first-order valence-electron chi connectivity index (χ1n) is 7.10. The molecule has 0 unspecified atom stereocenters. The van der Waals surface area contributed by atoms with Crippen LogP contribution in [0.2, 0.25) is 0 Å². The van der Waals surface area contributed by atoms with Gasteiger partial charge in [0, 0.05) is 20.0 Å². The van der Waals surface area contributed by atoms with Gasteiger partial charge in [-0.1, -0.05) is 5.57 Å². The van der Waals surface area contributed by atoms with E-state index >= 15 is 0 Å². The van der Waals surface area contributed by atoms with Crippen molar-refractivity contribution in [3.8, 4) is 0 Å². The number of fused-ring (bicyclic) bond motifs is 1. The zero-order valence-corrected chi connectivity index (χ0v) is 12.0. The van der Waals surface area contributed by atoms with E-state index < -0.39 is 5.41 Å². The summed E-state index contributed by atoms with van der Waals surface area (Å²) < 4.78 is 15.7. The van der Waals surface area contributed by atoms with Gasteiger partial charge in [-0.05, 0) is 25.3 Å². The second-order valence-electron chi connectivity index (χ2n) is 5.36. The molecule has 0 N–H and O–H groups in total. The second-order valence-corrected chi connectivity index (χ2v) is 5.36. The summed E-state index contributed by atoms with van der Waals surface area (Å²) in [7, 11) is 1.61. The van der Waals surface area contributed by atoms with Gasteiger partial charge < -0.3 is 14.2 Å². The summed E-state index contributed by atoms with van der Waals surface area (Å²) in [6, 6.07) is 0. The van der Waals surface area contributed by atoms with Crippen molar-refractivity contribution in [2.45, 2.75) is 32.1 Å². The van der Waals surface area contributed by atoms with E-state index in [1.165, 1.54) is 0 Å². The Morgan fingerprint density at radius 3 is 2.80 bits per heavy atom. The largest absolute Gasteiger partial charge is 0.382 e. The Balaban J connectivity index is 1.92. The topological polar surface area (TPSA) is 61.8 Å². The maximum Gasteiger partial charge on any atom is 0.155 e. The van der Waals surface area contributed by atoms with Crippen LogP contribution in [0.1, 0.15) is 32.1 Å². The molecule has 0 bridgehead atoms. The normalized spacial score (nSPS) is 26.4. The molecule has 0 aromatic heterocycles. The van der Waals surface area contributed by atoms with Crippen molar-refractivity contribution >= 4 is 11.6 Å². The van der Waals surface area contributed by atoms with Gasteiger partial charge in [0.1, 0.15) is 12.6 Å². The molecular formula is C15H22O5. The number of carbonyl (C=O) groups is 2. The van der Waals surface area contributed by atoms with Gasteiger partial charge in [-0.2, -0.15) is 0 Å². The van der Waals surface area contributed by atoms with E-state index in [0.717, 1.165) is 18.4 Å². The minimum atomic E-state index is -0.573. The monoisotopic (exact) mass is 282 g/mol. The molecule has 0 amide bonds. The number of ketones is 2. The molecule has 20 heavy (non-hydrogen) atoms. The van der Waals surface area contributed by atoms with Crippen LogP contribution in [-0.2, 0) is 23.8 Å². The molecule has 0 saturated heterocycles. The molecule has 1 atom stereocenters. The number of allylic oxidation sites excluding steroid dienone is 1. The molecule has 0 aromatic carbocycles. The van der Waals surface area contributed by atoms with Gasteiger partial charge in [0.15, 0.2) is 5.78 Å². The predicted octanol–water partition coefficient (Wildman–Crippen LogP) is 1.65. The molecule has 0 aliphatic heterocycles. The third-order valence-electron chi connectivity index (χ3n) is 4.08. The van der Waals surface area contributed by atoms with Crippen LogP contribution >= 0.6 is 0 Å². The fraction of sp³-hybridized carbons (Fsp3) is 0.733. The number of methoxy groups -OCH3 is 1. The van der Waals surface area contributed by atoms with Crippen molar-refractivity contribution in [1.82, 2.24) is 0 Å². The molecule has 2 aliphatic rings. The van der Waals surface area contributed by atoms with Gasteiger partial charge in [0.25, 0.3) is 0 Å². The summed E-state index contributed by atoms with van der Waals surface area (Å²) in [5.41, 5.74) is 0.387. The lowest BCUT2D eigenvalue weighted by Crippen LogP contribution is -2.43. The van der Waals surface area contributed by atoms with Crippen LogP contribution in [0.3, 0.4) is 0 Å². The van der Waals surface area contributed by atoms with E-state index in [0.29, 0.717) is 39.1 Å². The van der Waals surface area contributed by atoms with Crippen molar-refractivity contribution < 1.29 is 23.8 Å². The Hall–Kier alpha value is -1.04. The third kappa shape index (κ3) is 3.34. The summed E-state index contributed by atoms with van der Waals surface area (Å²) >= 11 is 0. The van der Waals surface area contributed by atoms with E-state index in [1.807, 2.05) is 0 Å². The standard InChI is InChI=1S/C15H22O5/c1-18-7-8-19-11-20-10-15-6-5-13(16)9-12(15)3-2-4-14(15)17/h9H,2-8,10-11H2,1H3/t15-/m1/s1. The molecule has 0 heterocycles. The van der Waals surface area contributed by atoms with Crippen molar-refractivity contribution in [2.75, 3.05) is 33.7 Å². The molecule has 0 radical (unpaired) electrons. The van der Waals surface area contributed by atoms with Gasteiger partial charge in [-0.15, -0.1) is 0 Å². The molecule has 2 rings (SSSR count). The maximum absolute atomic E-state index is 12.3. The highest BCUT2D eigenvalue weighted by Crippen LogP contribution is 2.44. The summed E-state index contributed by atoms with van der Waals surface area (Å²) in [5.74, 6) is 0.334. The number of ether oxygens (including phenoxy) is 3. The molecular weight excluding hydrogens is 260 g/mol. The minimum absolute atomic E-state index is 0.127. The molecule has 1 saturated carbocycles. The summed E-state index contributed by atoms with van der Waals surface area (Å²) in [5, 5.41) is 0. The van der Waals surface area contributed by atoms with E-state index in [2.05, 4.69) is 0 Å². The Bertz CT molecular complexity index is 401. The van der Waals surface area contributed by atoms with Crippen molar-refractivity contribution in [3.05, 3.63) is 11.6 Å². The first-order valence-corrected chi connectivity index (χ1v) is 7.10. The Kier molecular flexibility index (Phi) is 5.46. The Morgan fingerprint density at radius 1 is 1.15 bits per heavy atom. The molecule has 5 nitrogen and oxygen atoms in total. The van der Waals surface area contributed by atoms with Crippen LogP contribution in [-0.4, -0.2) is 45.3 Å². The second kappa shape index (κ2) is 7.11. The van der Waals surface area contributed by atoms with E-state index in [1.54, 1.807) is 13.2 Å². The number of Topliss-reactive ketones (excluding diaryl/α,β-unsaturated/α-hetero) is 1. The SMILES string of the molecule is COCCOCOC[C@]12CCC(=O)C=C1CCCC2=O. The van der Waals surface area contributed by atoms with Crippen molar-refractivity contribution in [3.63, 3.8) is 0 Å². The molecule has 1 fully saturated rings. The summed E-state index contributed by atoms with van der Waals surface area (Å²) in [6.45, 7) is 1.46. The summed E-state index contributed by atoms with van der Waals surface area (Å²) in [4.78, 5) is 23.9. The Labute approximate surface area is 119 Å². The number of carbonyl (C=O) groups excluding carboxylic acids is 2. The van der Waals surface area contributed by atoms with E-state index in [9.17, 15) is 9.59 Å². The highest BCUT2D eigenvalue weighted by molar-refractivity contribution is 5.98. The lowest BCUT2D eigenvalue weighted by atomic mass is 9.64. The van der Waals surface area contributed by atoms with Gasteiger partial charge in [-0.3, -0.25) is 9.59 Å². The van der Waals surface area contributed by atoms with Crippen LogP contribution in [0.15, 0.2) is 11.6 Å². The fourth-order valence-corrected chi connectivity index (χ4v) is 2.93. The lowest BCUT2D eigenvalue weighted by molar-refractivity contribution is -0.139. The van der Waals surface area contributed by atoms with Gasteiger partial charge in [0.05, 0.1) is 25.2 Å². The highest BCUT2D eigenvalue weighted by Gasteiger charge is 2.45. The smallest absolute Gasteiger partial charge is 0.155 e. The van der Waals surface area contributed by atoms with Crippen molar-refractivity contribution in [2.24, 2.45) is 5.41 Å². The first-order chi connectivity index (χ1) is 9.69. The molecule has 112 valence electrons. The van der Waals surface area contributed by atoms with Crippen LogP contribution in [0, 0.1) is 5.41 Å². The van der Waals surface area contributed by atoms with Gasteiger partial charge in [0.2, 0.25) is 0 Å². The van der Waals surface area contributed by atoms with Gasteiger partial charge in [-0.25, -0.2) is 0 Å². The van der Waals surface area contributed by atoms with Gasteiger partial charge >= 0.3 is 0 Å². The average molecular weight is 282 g/mol. The maximum atomic E-state index is 12.3. The molecule has 2 aliphatic carbocycles. The van der Waals surface area contributed by atoms with Crippen LogP contribution < -0.4 is 0 Å². The third-order valence-corrected chi connectivity index (χ3v) is 4.08. The number of rotatable bonds is 7. The van der Waals surface area contributed by atoms with E-state index in [-0.39, 0.29) is 18.4 Å². The van der Waals surface area contributed by atoms with Crippen LogP contribution in [0.25, 0.3) is 0 Å². The average Bonchev–Trinajstić information content (AvgIpc) is 2.44. The van der Waals surface area contributed by atoms with E-state index in [4.69, 9.17) is 14.2 Å². The molecule has 0 spiro atoms. The quantitative estimate of drug-likeness (QED) is 0.525. The molecule has 0 aromatic rings. The zero-order chi connectivity index (χ0) is 14.4. The predicted molar refractivity (Wildman–Crippen MR) is 72.3 cm³/mol. The van der Waals surface area contributed by atoms with Crippen molar-refractivity contribution in [1.29, 1.82) is 0 Å². The zero-order valence-electron chi connectivity index (χ0n) is 12.0. The molecule has 5 heteroatoms. The van der Waals surface area contributed by atoms with Crippen LogP contribution in [0.5, 0.6) is 0 Å². The van der Waals surface area contributed by atoms with Crippen LogP contribution in [0.4, 0.5) is 0 Å². The summed E-state index contributed by atoms with van der Waals surface area (Å²) in [6.07, 6.45) is 4.92. The highest BCUT2D eigenvalue weighted by atomic mass is 16.7. The lowest BCUT2D eigenvalue weighted by Gasteiger charge is -2.40. The fourth-order valence-electron chi connectivity index (χ4n) is 2.93. The minimum Gasteiger partial charge on any atom is -0.382 e. The number of hydrogen-bond donors (Lipinski definition) is 0. The first kappa shape index (κ1) is 15.4. The Morgan fingerprint density at radius 2 is 2.00 bits per heavy atom. The number of hydrogen-bond acceptors (Lipinski definition) is 5.